The standard InChI is InChI=1S/C28H38N4O6/c1-17(2)14-21(29)25(34)32-24(18(3)33)27(36)30-22(15-19-10-6-4-7-11-19)26(35)31-23(28(37)38)16-20-12-8-5-9-13-20/h4-13,17-18,21-24,33H,14-16,29H2,1-3H3,(H,30,36)(H,31,35)(H,32,34)(H,37,38). The number of hydrogen-bond donors (Lipinski definition) is 6. The Bertz CT molecular complexity index is 1060. The summed E-state index contributed by atoms with van der Waals surface area (Å²) >= 11 is 0. The molecule has 0 saturated heterocycles. The van der Waals surface area contributed by atoms with Gasteiger partial charge in [-0.15, -0.1) is 0 Å². The molecule has 0 heterocycles. The first-order valence-corrected chi connectivity index (χ1v) is 12.6. The summed E-state index contributed by atoms with van der Waals surface area (Å²) in [7, 11) is 0. The van der Waals surface area contributed by atoms with Gasteiger partial charge >= 0.3 is 5.97 Å². The number of hydrogen-bond acceptors (Lipinski definition) is 6. The minimum atomic E-state index is -1.37. The number of carboxylic acid groups (broad SMARTS) is 1. The van der Waals surface area contributed by atoms with Crippen molar-refractivity contribution < 1.29 is 29.4 Å². The number of benzene rings is 2. The molecule has 2 aromatic rings. The molecule has 0 fully saturated rings. The molecule has 0 aliphatic heterocycles. The minimum absolute atomic E-state index is 0.0496. The van der Waals surface area contributed by atoms with E-state index >= 15 is 0 Å². The molecule has 0 radical (unpaired) electrons. The summed E-state index contributed by atoms with van der Waals surface area (Å²) in [5, 5.41) is 27.5. The molecule has 0 aromatic heterocycles. The second-order valence-corrected chi connectivity index (χ2v) is 9.80. The minimum Gasteiger partial charge on any atom is -0.480 e. The van der Waals surface area contributed by atoms with Gasteiger partial charge in [0, 0.05) is 12.8 Å². The molecule has 10 nitrogen and oxygen atoms in total. The van der Waals surface area contributed by atoms with Crippen LogP contribution >= 0.6 is 0 Å². The number of aliphatic hydroxyl groups is 1. The molecule has 5 atom stereocenters. The molecular formula is C28H38N4O6. The Morgan fingerprint density at radius 2 is 1.21 bits per heavy atom. The number of nitrogens with two attached hydrogens (primary N) is 1. The van der Waals surface area contributed by atoms with Crippen LogP contribution in [0.5, 0.6) is 0 Å². The van der Waals surface area contributed by atoms with Gasteiger partial charge in [-0.25, -0.2) is 4.79 Å². The first-order chi connectivity index (χ1) is 18.0. The Balaban J connectivity index is 2.22. The Hall–Kier alpha value is -3.76. The van der Waals surface area contributed by atoms with Crippen molar-refractivity contribution in [3.8, 4) is 0 Å². The number of rotatable bonds is 14. The number of amides is 3. The van der Waals surface area contributed by atoms with Gasteiger partial charge in [0.25, 0.3) is 0 Å². The molecule has 3 amide bonds. The third-order valence-corrected chi connectivity index (χ3v) is 5.94. The molecule has 0 spiro atoms. The van der Waals surface area contributed by atoms with Crippen molar-refractivity contribution in [2.45, 2.75) is 70.3 Å². The van der Waals surface area contributed by atoms with E-state index in [4.69, 9.17) is 5.73 Å². The lowest BCUT2D eigenvalue weighted by atomic mass is 10.0. The summed E-state index contributed by atoms with van der Waals surface area (Å²) in [5.74, 6) is -3.18. The van der Waals surface area contributed by atoms with E-state index in [-0.39, 0.29) is 18.8 Å². The maximum absolute atomic E-state index is 13.3. The average Bonchev–Trinajstić information content (AvgIpc) is 2.86. The van der Waals surface area contributed by atoms with Crippen LogP contribution in [-0.2, 0) is 32.0 Å². The van der Waals surface area contributed by atoms with E-state index < -0.39 is 54.0 Å². The van der Waals surface area contributed by atoms with E-state index in [0.717, 1.165) is 11.1 Å². The van der Waals surface area contributed by atoms with Crippen LogP contribution in [0.15, 0.2) is 60.7 Å². The van der Waals surface area contributed by atoms with Gasteiger partial charge in [-0.2, -0.15) is 0 Å². The molecule has 10 heteroatoms. The summed E-state index contributed by atoms with van der Waals surface area (Å²) in [6.07, 6.45) is -0.787. The van der Waals surface area contributed by atoms with Gasteiger partial charge in [0.1, 0.15) is 18.1 Å². The summed E-state index contributed by atoms with van der Waals surface area (Å²) < 4.78 is 0. The topological polar surface area (TPSA) is 171 Å². The summed E-state index contributed by atoms with van der Waals surface area (Å²) in [6.45, 7) is 5.15. The van der Waals surface area contributed by atoms with Crippen LogP contribution < -0.4 is 21.7 Å². The van der Waals surface area contributed by atoms with Crippen molar-refractivity contribution in [1.29, 1.82) is 0 Å². The third kappa shape index (κ3) is 9.95. The smallest absolute Gasteiger partial charge is 0.326 e. The fraction of sp³-hybridized carbons (Fsp3) is 0.429. The molecule has 2 rings (SSSR count). The maximum atomic E-state index is 13.3. The molecule has 0 saturated carbocycles. The maximum Gasteiger partial charge on any atom is 0.326 e. The number of nitrogens with one attached hydrogen (secondary N) is 3. The van der Waals surface area contributed by atoms with Gasteiger partial charge in [0.2, 0.25) is 17.7 Å². The molecule has 7 N–H and O–H groups in total. The number of aliphatic hydroxyl groups excluding tert-OH is 1. The lowest BCUT2D eigenvalue weighted by Crippen LogP contribution is -2.60. The fourth-order valence-corrected chi connectivity index (χ4v) is 3.92. The quantitative estimate of drug-likeness (QED) is 0.211. The third-order valence-electron chi connectivity index (χ3n) is 5.94. The van der Waals surface area contributed by atoms with Gasteiger partial charge in [-0.3, -0.25) is 14.4 Å². The van der Waals surface area contributed by atoms with E-state index in [2.05, 4.69) is 16.0 Å². The van der Waals surface area contributed by atoms with E-state index in [9.17, 15) is 29.4 Å². The Morgan fingerprint density at radius 3 is 1.66 bits per heavy atom. The Kier molecular flexibility index (Phi) is 11.9. The summed E-state index contributed by atoms with van der Waals surface area (Å²) in [6, 6.07) is 13.1. The van der Waals surface area contributed by atoms with Crippen LogP contribution in [0.25, 0.3) is 0 Å². The molecule has 206 valence electrons. The van der Waals surface area contributed by atoms with E-state index in [1.54, 1.807) is 60.7 Å². The van der Waals surface area contributed by atoms with Crippen LogP contribution in [0, 0.1) is 5.92 Å². The molecular weight excluding hydrogens is 488 g/mol. The van der Waals surface area contributed by atoms with Crippen molar-refractivity contribution in [2.75, 3.05) is 0 Å². The predicted octanol–water partition coefficient (Wildman–Crippen LogP) is 0.765. The zero-order chi connectivity index (χ0) is 28.2. The van der Waals surface area contributed by atoms with E-state index in [1.807, 2.05) is 13.8 Å². The molecule has 0 aliphatic carbocycles. The lowest BCUT2D eigenvalue weighted by molar-refractivity contribution is -0.142. The summed E-state index contributed by atoms with van der Waals surface area (Å²) in [4.78, 5) is 50.9. The number of aliphatic carboxylic acids is 1. The molecule has 38 heavy (non-hydrogen) atoms. The first kappa shape index (κ1) is 30.5. The Morgan fingerprint density at radius 1 is 0.737 bits per heavy atom. The number of carboxylic acids is 1. The second kappa shape index (κ2) is 14.8. The van der Waals surface area contributed by atoms with Crippen molar-refractivity contribution in [2.24, 2.45) is 11.7 Å². The highest BCUT2D eigenvalue weighted by molar-refractivity contribution is 5.94. The van der Waals surface area contributed by atoms with Gasteiger partial charge in [0.15, 0.2) is 0 Å². The highest BCUT2D eigenvalue weighted by Crippen LogP contribution is 2.09. The largest absolute Gasteiger partial charge is 0.480 e. The van der Waals surface area contributed by atoms with Crippen LogP contribution in [-0.4, -0.2) is 64.2 Å². The monoisotopic (exact) mass is 526 g/mol. The molecule has 5 unspecified atom stereocenters. The SMILES string of the molecule is CC(C)CC(N)C(=O)NC(C(=O)NC(Cc1ccccc1)C(=O)NC(Cc1ccccc1)C(=O)O)C(C)O. The van der Waals surface area contributed by atoms with Crippen molar-refractivity contribution in [3.05, 3.63) is 71.8 Å². The van der Waals surface area contributed by atoms with Crippen LogP contribution in [0.1, 0.15) is 38.3 Å². The van der Waals surface area contributed by atoms with E-state index in [1.165, 1.54) is 6.92 Å². The van der Waals surface area contributed by atoms with Crippen molar-refractivity contribution in [3.63, 3.8) is 0 Å². The molecule has 0 bridgehead atoms. The fourth-order valence-electron chi connectivity index (χ4n) is 3.92. The van der Waals surface area contributed by atoms with Gasteiger partial charge in [0.05, 0.1) is 12.1 Å². The Labute approximate surface area is 223 Å². The zero-order valence-corrected chi connectivity index (χ0v) is 22.0. The van der Waals surface area contributed by atoms with Gasteiger partial charge in [-0.1, -0.05) is 74.5 Å². The van der Waals surface area contributed by atoms with E-state index in [0.29, 0.717) is 6.42 Å². The first-order valence-electron chi connectivity index (χ1n) is 12.6. The second-order valence-electron chi connectivity index (χ2n) is 9.80. The molecule has 2 aromatic carbocycles. The molecule has 0 aliphatic rings. The van der Waals surface area contributed by atoms with Crippen LogP contribution in [0.4, 0.5) is 0 Å². The van der Waals surface area contributed by atoms with Gasteiger partial charge in [-0.05, 0) is 30.4 Å². The number of carbonyl (C=O) groups is 4. The predicted molar refractivity (Wildman–Crippen MR) is 143 cm³/mol. The van der Waals surface area contributed by atoms with Crippen molar-refractivity contribution >= 4 is 23.7 Å². The van der Waals surface area contributed by atoms with Crippen LogP contribution in [0.3, 0.4) is 0 Å². The lowest BCUT2D eigenvalue weighted by Gasteiger charge is -2.27. The average molecular weight is 527 g/mol. The van der Waals surface area contributed by atoms with Crippen molar-refractivity contribution in [1.82, 2.24) is 16.0 Å². The van der Waals surface area contributed by atoms with Gasteiger partial charge < -0.3 is 31.9 Å². The summed E-state index contributed by atoms with van der Waals surface area (Å²) in [5.41, 5.74) is 7.36. The normalized spacial score (nSPS) is 15.0. The highest BCUT2D eigenvalue weighted by Gasteiger charge is 2.32. The number of carbonyl (C=O) groups excluding carboxylic acids is 3. The van der Waals surface area contributed by atoms with Crippen LogP contribution in [0.2, 0.25) is 0 Å². The zero-order valence-electron chi connectivity index (χ0n) is 22.0. The highest BCUT2D eigenvalue weighted by atomic mass is 16.4.